The van der Waals surface area contributed by atoms with Gasteiger partial charge in [-0.25, -0.2) is 4.98 Å². The predicted molar refractivity (Wildman–Crippen MR) is 83.6 cm³/mol. The molecule has 0 amide bonds. The number of halogens is 1. The van der Waals surface area contributed by atoms with E-state index in [1.54, 1.807) is 4.40 Å². The number of Topliss-reactive ketones (excluding diaryl/α,β-unsaturated/α-hetero) is 1. The second-order valence-corrected chi connectivity index (χ2v) is 6.46. The molecule has 21 heavy (non-hydrogen) atoms. The van der Waals surface area contributed by atoms with Crippen molar-refractivity contribution in [2.45, 2.75) is 20.5 Å². The van der Waals surface area contributed by atoms with E-state index >= 15 is 0 Å². The summed E-state index contributed by atoms with van der Waals surface area (Å²) in [5, 5.41) is 0. The third kappa shape index (κ3) is 2.66. The van der Waals surface area contributed by atoms with Crippen LogP contribution in [-0.4, -0.2) is 15.2 Å². The van der Waals surface area contributed by atoms with Crippen LogP contribution in [0.3, 0.4) is 0 Å². The van der Waals surface area contributed by atoms with Gasteiger partial charge in [0, 0.05) is 18.0 Å². The highest BCUT2D eigenvalue weighted by atomic mass is 35.5. The second-order valence-electron chi connectivity index (χ2n) is 4.66. The predicted octanol–water partition coefficient (Wildman–Crippen LogP) is 4.14. The van der Waals surface area contributed by atoms with Crippen molar-refractivity contribution < 1.29 is 9.53 Å². The van der Waals surface area contributed by atoms with Gasteiger partial charge in [0.05, 0.1) is 10.0 Å². The van der Waals surface area contributed by atoms with Crippen LogP contribution in [0.25, 0.3) is 5.65 Å². The van der Waals surface area contributed by atoms with Gasteiger partial charge in [-0.1, -0.05) is 11.6 Å². The Bertz CT molecular complexity index is 822. The number of rotatable bonds is 4. The van der Waals surface area contributed by atoms with Crippen molar-refractivity contribution in [3.05, 3.63) is 51.1 Å². The average molecular weight is 321 g/mol. The van der Waals surface area contributed by atoms with Crippen molar-refractivity contribution in [1.82, 2.24) is 9.38 Å². The molecule has 0 fully saturated rings. The largest absolute Gasteiger partial charge is 0.484 e. The number of nitrogens with zero attached hydrogens (tertiary/aromatic N) is 2. The molecular weight excluding hydrogens is 308 g/mol. The zero-order valence-corrected chi connectivity index (χ0v) is 13.2. The molecule has 3 aromatic heterocycles. The fraction of sp³-hybridized carbons (Fsp3) is 0.200. The molecule has 0 aliphatic rings. The van der Waals surface area contributed by atoms with Crippen LogP contribution in [0, 0.1) is 6.92 Å². The average Bonchev–Trinajstić information content (AvgIpc) is 2.98. The van der Waals surface area contributed by atoms with Crippen LogP contribution in [0.15, 0.2) is 30.5 Å². The molecule has 3 rings (SSSR count). The summed E-state index contributed by atoms with van der Waals surface area (Å²) in [6.45, 7) is 3.79. The lowest BCUT2D eigenvalue weighted by Gasteiger charge is -2.06. The van der Waals surface area contributed by atoms with Crippen molar-refractivity contribution in [2.24, 2.45) is 0 Å². The lowest BCUT2D eigenvalue weighted by Crippen LogP contribution is -2.01. The Morgan fingerprint density at radius 3 is 2.90 bits per heavy atom. The van der Waals surface area contributed by atoms with Crippen molar-refractivity contribution in [3.63, 3.8) is 0 Å². The van der Waals surface area contributed by atoms with E-state index in [9.17, 15) is 4.79 Å². The molecule has 0 radical (unpaired) electrons. The number of aryl methyl sites for hydroxylation is 1. The molecule has 0 N–H and O–H groups in total. The van der Waals surface area contributed by atoms with Gasteiger partial charge < -0.3 is 4.74 Å². The Morgan fingerprint density at radius 1 is 1.43 bits per heavy atom. The maximum atomic E-state index is 11.7. The quantitative estimate of drug-likeness (QED) is 0.679. The van der Waals surface area contributed by atoms with Crippen molar-refractivity contribution >= 4 is 34.4 Å². The summed E-state index contributed by atoms with van der Waals surface area (Å²) in [6, 6.07) is 7.47. The SMILES string of the molecule is CC(=O)c1c(C)nc2c(OCc3ccc(Cl)s3)cccn12. The molecule has 0 unspecified atom stereocenters. The van der Waals surface area contributed by atoms with Gasteiger partial charge in [0.25, 0.3) is 0 Å². The Balaban J connectivity index is 1.96. The number of carbonyl (C=O) groups excluding carboxylic acids is 1. The van der Waals surface area contributed by atoms with Gasteiger partial charge in [-0.2, -0.15) is 0 Å². The van der Waals surface area contributed by atoms with Gasteiger partial charge in [0.15, 0.2) is 17.2 Å². The van der Waals surface area contributed by atoms with E-state index < -0.39 is 0 Å². The lowest BCUT2D eigenvalue weighted by molar-refractivity contribution is 0.101. The third-order valence-electron chi connectivity index (χ3n) is 3.12. The standard InChI is InChI=1S/C15H13ClN2O2S/c1-9-14(10(2)19)18-7-3-4-12(15(18)17-9)20-8-11-5-6-13(16)21-11/h3-7H,8H2,1-2H3. The summed E-state index contributed by atoms with van der Waals surface area (Å²) >= 11 is 7.39. The summed E-state index contributed by atoms with van der Waals surface area (Å²) in [4.78, 5) is 17.2. The monoisotopic (exact) mass is 320 g/mol. The third-order valence-corrected chi connectivity index (χ3v) is 4.33. The first-order valence-electron chi connectivity index (χ1n) is 6.42. The minimum atomic E-state index is -0.0119. The first-order chi connectivity index (χ1) is 10.1. The Kier molecular flexibility index (Phi) is 3.69. The normalized spacial score (nSPS) is 11.0. The molecule has 3 aromatic rings. The zero-order chi connectivity index (χ0) is 15.0. The number of hydrogen-bond donors (Lipinski definition) is 0. The molecule has 0 saturated carbocycles. The molecule has 0 aliphatic carbocycles. The van der Waals surface area contributed by atoms with Crippen LogP contribution < -0.4 is 4.74 Å². The second kappa shape index (κ2) is 5.50. The van der Waals surface area contributed by atoms with Crippen LogP contribution in [0.2, 0.25) is 4.34 Å². The number of ketones is 1. The van der Waals surface area contributed by atoms with Crippen LogP contribution in [0.4, 0.5) is 0 Å². The Hall–Kier alpha value is -1.85. The molecule has 0 bridgehead atoms. The molecule has 0 aliphatic heterocycles. The molecule has 0 atom stereocenters. The summed E-state index contributed by atoms with van der Waals surface area (Å²) < 4.78 is 8.33. The number of hydrogen-bond acceptors (Lipinski definition) is 4. The van der Waals surface area contributed by atoms with Crippen molar-refractivity contribution in [3.8, 4) is 5.75 Å². The molecule has 6 heteroatoms. The van der Waals surface area contributed by atoms with E-state index in [4.69, 9.17) is 16.3 Å². The number of fused-ring (bicyclic) bond motifs is 1. The minimum absolute atomic E-state index is 0.0119. The van der Waals surface area contributed by atoms with Gasteiger partial charge in [-0.05, 0) is 31.2 Å². The minimum Gasteiger partial charge on any atom is -0.484 e. The number of pyridine rings is 1. The highest BCUT2D eigenvalue weighted by molar-refractivity contribution is 7.16. The fourth-order valence-corrected chi connectivity index (χ4v) is 3.27. The smallest absolute Gasteiger partial charge is 0.180 e. The first-order valence-corrected chi connectivity index (χ1v) is 7.61. The number of imidazole rings is 1. The van der Waals surface area contributed by atoms with E-state index in [2.05, 4.69) is 4.98 Å². The molecular formula is C15H13ClN2O2S. The summed E-state index contributed by atoms with van der Waals surface area (Å²) in [5.41, 5.74) is 1.95. The van der Waals surface area contributed by atoms with Crippen molar-refractivity contribution in [2.75, 3.05) is 0 Å². The Morgan fingerprint density at radius 2 is 2.24 bits per heavy atom. The molecule has 3 heterocycles. The number of aromatic nitrogens is 2. The van der Waals surface area contributed by atoms with Gasteiger partial charge in [0.2, 0.25) is 0 Å². The fourth-order valence-electron chi connectivity index (χ4n) is 2.27. The van der Waals surface area contributed by atoms with Crippen LogP contribution in [0.1, 0.15) is 28.0 Å². The molecule has 0 spiro atoms. The molecule has 108 valence electrons. The van der Waals surface area contributed by atoms with Gasteiger partial charge in [-0.15, -0.1) is 11.3 Å². The molecule has 4 nitrogen and oxygen atoms in total. The number of thiophene rings is 1. The van der Waals surface area contributed by atoms with E-state index in [1.807, 2.05) is 37.4 Å². The highest BCUT2D eigenvalue weighted by Crippen LogP contribution is 2.26. The zero-order valence-electron chi connectivity index (χ0n) is 11.6. The van der Waals surface area contributed by atoms with Crippen LogP contribution in [-0.2, 0) is 6.61 Å². The van der Waals surface area contributed by atoms with E-state index in [0.717, 1.165) is 9.21 Å². The highest BCUT2D eigenvalue weighted by Gasteiger charge is 2.15. The summed E-state index contributed by atoms with van der Waals surface area (Å²) in [7, 11) is 0. The lowest BCUT2D eigenvalue weighted by atomic mass is 10.2. The van der Waals surface area contributed by atoms with E-state index in [1.165, 1.54) is 18.3 Å². The van der Waals surface area contributed by atoms with E-state index in [0.29, 0.717) is 29.4 Å². The number of carbonyl (C=O) groups is 1. The maximum absolute atomic E-state index is 11.7. The van der Waals surface area contributed by atoms with Gasteiger partial charge >= 0.3 is 0 Å². The molecule has 0 saturated heterocycles. The Labute approximate surface area is 131 Å². The summed E-state index contributed by atoms with van der Waals surface area (Å²) in [6.07, 6.45) is 1.82. The topological polar surface area (TPSA) is 43.6 Å². The van der Waals surface area contributed by atoms with E-state index in [-0.39, 0.29) is 5.78 Å². The van der Waals surface area contributed by atoms with Gasteiger partial charge in [0.1, 0.15) is 12.3 Å². The summed E-state index contributed by atoms with van der Waals surface area (Å²) in [5.74, 6) is 0.639. The maximum Gasteiger partial charge on any atom is 0.180 e. The number of ether oxygens (including phenoxy) is 1. The first kappa shape index (κ1) is 14.1. The molecule has 0 aromatic carbocycles. The van der Waals surface area contributed by atoms with Gasteiger partial charge in [-0.3, -0.25) is 9.20 Å². The van der Waals surface area contributed by atoms with Crippen molar-refractivity contribution in [1.29, 1.82) is 0 Å². The van der Waals surface area contributed by atoms with Crippen LogP contribution >= 0.6 is 22.9 Å². The van der Waals surface area contributed by atoms with Crippen LogP contribution in [0.5, 0.6) is 5.75 Å².